The van der Waals surface area contributed by atoms with E-state index in [0.717, 1.165) is 49.5 Å². The second-order valence-electron chi connectivity index (χ2n) is 17.8. The van der Waals surface area contributed by atoms with E-state index in [1.165, 1.54) is 56.2 Å². The van der Waals surface area contributed by atoms with E-state index in [0.29, 0.717) is 58.9 Å². The molecule has 0 radical (unpaired) electrons. The van der Waals surface area contributed by atoms with Gasteiger partial charge in [0.2, 0.25) is 10.3 Å². The van der Waals surface area contributed by atoms with Crippen molar-refractivity contribution in [2.45, 2.75) is 98.3 Å². The third-order valence-corrected chi connectivity index (χ3v) is 19.2. The highest BCUT2D eigenvalue weighted by Crippen LogP contribution is 2.43. The number of Topliss-reactive ketones (excluding diaryl/α,β-unsaturated/α-hetero) is 2. The van der Waals surface area contributed by atoms with Gasteiger partial charge in [-0.2, -0.15) is 10.0 Å². The fourth-order valence-corrected chi connectivity index (χ4v) is 14.9. The summed E-state index contributed by atoms with van der Waals surface area (Å²) in [5, 5.41) is 34.0. The minimum absolute atomic E-state index is 0.134. The smallest absolute Gasteiger partial charge is 0.294 e. The predicted octanol–water partition coefficient (Wildman–Crippen LogP) is 12.3. The lowest BCUT2D eigenvalue weighted by atomic mass is 9.93. The molecule has 2 aliphatic rings. The first-order chi connectivity index (χ1) is 36.6. The van der Waals surface area contributed by atoms with Crippen molar-refractivity contribution in [1.82, 2.24) is 50.4 Å². The van der Waals surface area contributed by atoms with E-state index >= 15 is 9.59 Å². The van der Waals surface area contributed by atoms with E-state index in [1.807, 2.05) is 67.6 Å². The van der Waals surface area contributed by atoms with Crippen LogP contribution >= 0.6 is 69.7 Å². The first-order valence-corrected chi connectivity index (χ1v) is 29.5. The molecule has 2 N–H and O–H groups in total. The van der Waals surface area contributed by atoms with E-state index in [-0.39, 0.29) is 56.2 Å². The van der Waals surface area contributed by atoms with E-state index in [1.54, 1.807) is 89.4 Å². The van der Waals surface area contributed by atoms with Crippen molar-refractivity contribution in [3.05, 3.63) is 131 Å². The number of carbonyl (C=O) groups is 4. The lowest BCUT2D eigenvalue weighted by Crippen LogP contribution is -2.55. The van der Waals surface area contributed by atoms with Crippen molar-refractivity contribution >= 4 is 115 Å². The number of benzene rings is 4. The van der Waals surface area contributed by atoms with E-state index in [4.69, 9.17) is 9.97 Å². The summed E-state index contributed by atoms with van der Waals surface area (Å²) < 4.78 is 4.59. The Bertz CT molecular complexity index is 3320. The number of para-hydroxylation sites is 1. The van der Waals surface area contributed by atoms with Crippen molar-refractivity contribution in [3.8, 4) is 0 Å². The minimum Gasteiger partial charge on any atom is -0.294 e. The number of carbonyl (C=O) groups excluding carboxylic acids is 4. The molecule has 0 aliphatic heterocycles. The molecule has 18 nitrogen and oxygen atoms in total. The first-order valence-electron chi connectivity index (χ1n) is 24.2. The SMILES string of the molecule is Cc1ccc(N(C(=O)Nc2nc(CSc3ccccc3)c(Sc3nnnn3C)s2)N(C(=O)Nc2nc(CSc3ccccc3)c(Sc3nnnn3C)s2)c2ccccc2C(=O)C2CCCC2)c(C(=O)C2CCCC2)c1. The van der Waals surface area contributed by atoms with Crippen molar-refractivity contribution in [3.63, 3.8) is 0 Å². The van der Waals surface area contributed by atoms with Crippen LogP contribution in [-0.4, -0.2) is 74.0 Å². The number of aromatic nitrogens is 10. The highest BCUT2D eigenvalue weighted by Gasteiger charge is 2.38. The highest BCUT2D eigenvalue weighted by molar-refractivity contribution is 8.01. The lowest BCUT2D eigenvalue weighted by molar-refractivity contribution is 0.0915. The number of urea groups is 2. The van der Waals surface area contributed by atoms with Crippen molar-refractivity contribution in [1.29, 1.82) is 0 Å². The van der Waals surface area contributed by atoms with Gasteiger partial charge in [0.1, 0.15) is 0 Å². The Morgan fingerprint density at radius 2 is 1.03 bits per heavy atom. The molecule has 10 rings (SSSR count). The first kappa shape index (κ1) is 52.0. The summed E-state index contributed by atoms with van der Waals surface area (Å²) in [6, 6.07) is 30.3. The molecule has 4 aromatic carbocycles. The van der Waals surface area contributed by atoms with Crippen LogP contribution in [0.25, 0.3) is 0 Å². The van der Waals surface area contributed by atoms with Crippen molar-refractivity contribution in [2.24, 2.45) is 25.9 Å². The Balaban J connectivity index is 1.09. The monoisotopic (exact) mass is 1110 g/mol. The number of thioether (sulfide) groups is 2. The number of nitrogens with zero attached hydrogens (tertiary/aromatic N) is 12. The largest absolute Gasteiger partial charge is 0.347 e. The molecule has 0 atom stereocenters. The fraction of sp³-hybridized carbons (Fsp3) is 0.294. The van der Waals surface area contributed by atoms with Crippen molar-refractivity contribution in [2.75, 3.05) is 20.7 Å². The Labute approximate surface area is 457 Å². The van der Waals surface area contributed by atoms with Crippen LogP contribution in [0.2, 0.25) is 0 Å². The van der Waals surface area contributed by atoms with E-state index < -0.39 is 12.1 Å². The minimum atomic E-state index is -0.810. The summed E-state index contributed by atoms with van der Waals surface area (Å²) in [6.45, 7) is 1.89. The summed E-state index contributed by atoms with van der Waals surface area (Å²) in [4.78, 5) is 73.3. The van der Waals surface area contributed by atoms with Gasteiger partial charge < -0.3 is 0 Å². The van der Waals surface area contributed by atoms with Gasteiger partial charge in [-0.25, -0.2) is 28.9 Å². The van der Waals surface area contributed by atoms with Crippen molar-refractivity contribution < 1.29 is 19.2 Å². The maximum Gasteiger partial charge on any atom is 0.347 e. The molecule has 0 bridgehead atoms. The van der Waals surface area contributed by atoms with Crippen LogP contribution in [0.15, 0.2) is 132 Å². The number of ketones is 2. The maximum absolute atomic E-state index is 15.8. The Hall–Kier alpha value is -6.44. The standard InChI is InChI=1S/C51H50N14O4S6/c1-31-26-27-41(37(28-31)43(67)33-18-12-13-19-33)65(49(69)55-47-53-39(30-71-35-22-8-5-9-23-35)45(73-47)75-51-57-59-61-63(51)3)64(40-25-15-14-24-36(40)42(66)32-16-10-11-17-32)48(68)54-46-52-38(29-70-34-20-6-4-7-21-34)44(72-46)74-50-56-58-60-62(50)2/h4-9,14-15,20-28,32-33H,10-13,16-19,29-30H2,1-3H3,(H,52,54,68)(H,53,55,69). The van der Waals surface area contributed by atoms with Gasteiger partial charge in [0.25, 0.3) is 0 Å². The van der Waals surface area contributed by atoms with Crippen LogP contribution < -0.4 is 20.7 Å². The van der Waals surface area contributed by atoms with Gasteiger partial charge in [-0.15, -0.1) is 33.7 Å². The van der Waals surface area contributed by atoms with Gasteiger partial charge >= 0.3 is 12.1 Å². The summed E-state index contributed by atoms with van der Waals surface area (Å²) in [5.41, 5.74) is 2.95. The van der Waals surface area contributed by atoms with Gasteiger partial charge in [-0.05, 0) is 126 Å². The zero-order valence-electron chi connectivity index (χ0n) is 41.0. The highest BCUT2D eigenvalue weighted by atomic mass is 32.2. The molecular formula is C51H50N14O4S6. The Morgan fingerprint density at radius 3 is 1.49 bits per heavy atom. The molecule has 4 aromatic heterocycles. The molecular weight excluding hydrogens is 1070 g/mol. The zero-order chi connectivity index (χ0) is 51.8. The van der Waals surface area contributed by atoms with E-state index in [2.05, 4.69) is 41.7 Å². The Morgan fingerprint density at radius 1 is 0.587 bits per heavy atom. The molecule has 24 heteroatoms. The second-order valence-corrected chi connectivity index (χ2v) is 24.4. The molecule has 4 amide bonds. The number of aryl methyl sites for hydroxylation is 3. The van der Waals surface area contributed by atoms with Gasteiger partial charge in [-0.1, -0.05) is 109 Å². The lowest BCUT2D eigenvalue weighted by Gasteiger charge is -2.36. The number of hydrogen-bond acceptors (Lipinski definition) is 18. The summed E-state index contributed by atoms with van der Waals surface area (Å²) in [7, 11) is 3.49. The van der Waals surface area contributed by atoms with Crippen LogP contribution in [-0.2, 0) is 25.6 Å². The summed E-state index contributed by atoms with van der Waals surface area (Å²) in [5.74, 6) is 0.0605. The number of thiazole rings is 2. The average molecular weight is 1120 g/mol. The molecule has 4 heterocycles. The predicted molar refractivity (Wildman–Crippen MR) is 295 cm³/mol. The number of tetrazole rings is 2. The van der Waals surface area contributed by atoms with Crippen LogP contribution in [0.3, 0.4) is 0 Å². The number of nitrogens with one attached hydrogen (secondary N) is 2. The zero-order valence-corrected chi connectivity index (χ0v) is 45.9. The van der Waals surface area contributed by atoms with Gasteiger partial charge in [0.05, 0.1) is 31.2 Å². The normalized spacial score (nSPS) is 13.8. The quantitative estimate of drug-likeness (QED) is 0.0465. The molecule has 2 fully saturated rings. The fourth-order valence-electron chi connectivity index (χ4n) is 8.86. The summed E-state index contributed by atoms with van der Waals surface area (Å²) >= 11 is 8.27. The number of rotatable bonds is 18. The number of amides is 4. The molecule has 0 unspecified atom stereocenters. The van der Waals surface area contributed by atoms with Crippen LogP contribution in [0.4, 0.5) is 31.2 Å². The Kier molecular flexibility index (Phi) is 16.7. The average Bonchev–Trinajstić information content (AvgIpc) is 4.31. The molecule has 384 valence electrons. The molecule has 2 aliphatic carbocycles. The number of hydrazine groups is 1. The van der Waals surface area contributed by atoms with Crippen LogP contribution in [0.5, 0.6) is 0 Å². The number of hydrogen-bond donors (Lipinski definition) is 2. The molecule has 2 saturated carbocycles. The molecule has 75 heavy (non-hydrogen) atoms. The topological polar surface area (TPSA) is 212 Å². The number of anilines is 4. The molecule has 8 aromatic rings. The third-order valence-electron chi connectivity index (χ3n) is 12.6. The van der Waals surface area contributed by atoms with E-state index in [9.17, 15) is 9.59 Å². The summed E-state index contributed by atoms with van der Waals surface area (Å²) in [6.07, 6.45) is 6.41. The van der Waals surface area contributed by atoms with Gasteiger partial charge in [0.15, 0.2) is 21.8 Å². The molecule has 0 saturated heterocycles. The maximum atomic E-state index is 15.8. The van der Waals surface area contributed by atoms with Gasteiger partial charge in [0, 0.05) is 58.4 Å². The van der Waals surface area contributed by atoms with Crippen LogP contribution in [0, 0.1) is 18.8 Å². The second kappa shape index (κ2) is 24.0. The third kappa shape index (κ3) is 12.3. The van der Waals surface area contributed by atoms with Gasteiger partial charge in [-0.3, -0.25) is 20.2 Å². The van der Waals surface area contributed by atoms with Crippen LogP contribution in [0.1, 0.15) is 89.0 Å². The molecule has 0 spiro atoms.